The predicted octanol–water partition coefficient (Wildman–Crippen LogP) is 4.75. The molecule has 1 saturated heterocycles. The van der Waals surface area contributed by atoms with E-state index in [0.29, 0.717) is 11.4 Å². The molecule has 138 valence electrons. The quantitative estimate of drug-likeness (QED) is 0.656. The fourth-order valence-corrected chi connectivity index (χ4v) is 3.65. The van der Waals surface area contributed by atoms with E-state index in [2.05, 4.69) is 0 Å². The fourth-order valence-electron chi connectivity index (χ4n) is 3.52. The van der Waals surface area contributed by atoms with Gasteiger partial charge in [-0.2, -0.15) is 5.10 Å². The third-order valence-electron chi connectivity index (χ3n) is 4.98. The summed E-state index contributed by atoms with van der Waals surface area (Å²) in [5.74, 6) is 0.178. The van der Waals surface area contributed by atoms with Crippen LogP contribution >= 0.6 is 11.6 Å². The minimum Gasteiger partial charge on any atom is -0.342 e. The lowest BCUT2D eigenvalue weighted by Crippen LogP contribution is -2.36. The molecule has 0 bridgehead atoms. The zero-order valence-electron chi connectivity index (χ0n) is 15.1. The number of para-hydroxylation sites is 1. The molecule has 0 N–H and O–H groups in total. The Bertz CT molecular complexity index is 912. The average Bonchev–Trinajstić information content (AvgIpc) is 3.13. The van der Waals surface area contributed by atoms with Gasteiger partial charge in [-0.25, -0.2) is 4.68 Å². The Labute approximate surface area is 164 Å². The third-order valence-corrected chi connectivity index (χ3v) is 5.23. The summed E-state index contributed by atoms with van der Waals surface area (Å²) in [5.41, 5.74) is 3.72. The van der Waals surface area contributed by atoms with Gasteiger partial charge >= 0.3 is 0 Å². The molecule has 0 radical (unpaired) electrons. The third kappa shape index (κ3) is 4.06. The number of hydrogen-bond acceptors (Lipinski definition) is 2. The van der Waals surface area contributed by atoms with Crippen LogP contribution in [0.15, 0.2) is 60.8 Å². The summed E-state index contributed by atoms with van der Waals surface area (Å²) in [5, 5.41) is 5.47. The van der Waals surface area contributed by atoms with Gasteiger partial charge in [0, 0.05) is 35.4 Å². The van der Waals surface area contributed by atoms with Gasteiger partial charge in [-0.1, -0.05) is 41.9 Å². The SMILES string of the molecule is O=C(Cc1cn(-c2ccccc2)nc1-c1ccc(Cl)cc1)N1CCCCC1. The average molecular weight is 380 g/mol. The number of nitrogens with zero attached hydrogens (tertiary/aromatic N) is 3. The summed E-state index contributed by atoms with van der Waals surface area (Å²) in [4.78, 5) is 14.8. The minimum absolute atomic E-state index is 0.178. The second-order valence-electron chi connectivity index (χ2n) is 6.91. The highest BCUT2D eigenvalue weighted by atomic mass is 35.5. The number of carbonyl (C=O) groups is 1. The van der Waals surface area contributed by atoms with Crippen molar-refractivity contribution >= 4 is 17.5 Å². The van der Waals surface area contributed by atoms with Crippen molar-refractivity contribution in [3.05, 3.63) is 71.4 Å². The largest absolute Gasteiger partial charge is 0.342 e. The van der Waals surface area contributed by atoms with Crippen molar-refractivity contribution in [2.24, 2.45) is 0 Å². The van der Waals surface area contributed by atoms with Crippen LogP contribution in [-0.4, -0.2) is 33.7 Å². The maximum absolute atomic E-state index is 12.8. The number of benzene rings is 2. The Morgan fingerprint density at radius 2 is 1.67 bits per heavy atom. The first-order valence-corrected chi connectivity index (χ1v) is 9.76. The first kappa shape index (κ1) is 17.8. The lowest BCUT2D eigenvalue weighted by molar-refractivity contribution is -0.131. The lowest BCUT2D eigenvalue weighted by atomic mass is 10.0. The molecule has 0 atom stereocenters. The normalized spacial score (nSPS) is 14.3. The summed E-state index contributed by atoms with van der Waals surface area (Å²) in [7, 11) is 0. The molecule has 2 aromatic carbocycles. The van der Waals surface area contributed by atoms with Crippen LogP contribution in [0.4, 0.5) is 0 Å². The Morgan fingerprint density at radius 3 is 2.37 bits per heavy atom. The van der Waals surface area contributed by atoms with E-state index in [1.807, 2.05) is 70.4 Å². The minimum atomic E-state index is 0.178. The molecule has 1 aromatic heterocycles. The molecular weight excluding hydrogens is 358 g/mol. The summed E-state index contributed by atoms with van der Waals surface area (Å²) in [6.45, 7) is 1.73. The summed E-state index contributed by atoms with van der Waals surface area (Å²) < 4.78 is 1.85. The molecule has 1 amide bonds. The standard InChI is InChI=1S/C22H22ClN3O/c23-19-11-9-17(10-12-19)22-18(15-21(27)25-13-5-2-6-14-25)16-26(24-22)20-7-3-1-4-8-20/h1,3-4,7-12,16H,2,5-6,13-15H2. The molecule has 4 rings (SSSR count). The topological polar surface area (TPSA) is 38.1 Å². The number of carbonyl (C=O) groups excluding carboxylic acids is 1. The molecule has 1 fully saturated rings. The van der Waals surface area contributed by atoms with Gasteiger partial charge in [0.1, 0.15) is 0 Å². The monoisotopic (exact) mass is 379 g/mol. The highest BCUT2D eigenvalue weighted by molar-refractivity contribution is 6.30. The number of piperidine rings is 1. The van der Waals surface area contributed by atoms with Crippen LogP contribution in [0.3, 0.4) is 0 Å². The van der Waals surface area contributed by atoms with Gasteiger partial charge in [-0.3, -0.25) is 4.79 Å². The van der Waals surface area contributed by atoms with Gasteiger partial charge in [-0.05, 0) is 43.5 Å². The van der Waals surface area contributed by atoms with Gasteiger partial charge in [0.05, 0.1) is 17.8 Å². The van der Waals surface area contributed by atoms with Crippen molar-refractivity contribution in [3.63, 3.8) is 0 Å². The Hall–Kier alpha value is -2.59. The second kappa shape index (κ2) is 7.97. The van der Waals surface area contributed by atoms with E-state index in [1.165, 1.54) is 6.42 Å². The first-order valence-electron chi connectivity index (χ1n) is 9.38. The smallest absolute Gasteiger partial charge is 0.227 e. The van der Waals surface area contributed by atoms with Crippen molar-refractivity contribution in [2.75, 3.05) is 13.1 Å². The van der Waals surface area contributed by atoms with Crippen molar-refractivity contribution in [3.8, 4) is 16.9 Å². The van der Waals surface area contributed by atoms with Gasteiger partial charge < -0.3 is 4.90 Å². The maximum Gasteiger partial charge on any atom is 0.227 e. The molecule has 27 heavy (non-hydrogen) atoms. The summed E-state index contributed by atoms with van der Waals surface area (Å²) in [6.07, 6.45) is 5.75. The molecule has 0 saturated carbocycles. The van der Waals surface area contributed by atoms with Crippen LogP contribution in [0.2, 0.25) is 5.02 Å². The summed E-state index contributed by atoms with van der Waals surface area (Å²) in [6, 6.07) is 17.6. The zero-order valence-corrected chi connectivity index (χ0v) is 15.9. The molecule has 5 heteroatoms. The number of hydrogen-bond donors (Lipinski definition) is 0. The van der Waals surface area contributed by atoms with E-state index in [-0.39, 0.29) is 5.91 Å². The Kier molecular flexibility index (Phi) is 5.26. The number of likely N-dealkylation sites (tertiary alicyclic amines) is 1. The molecule has 4 nitrogen and oxygen atoms in total. The van der Waals surface area contributed by atoms with Crippen molar-refractivity contribution in [2.45, 2.75) is 25.7 Å². The molecule has 2 heterocycles. The molecule has 0 unspecified atom stereocenters. The molecule has 1 aliphatic rings. The van der Waals surface area contributed by atoms with E-state index in [4.69, 9.17) is 16.7 Å². The van der Waals surface area contributed by atoms with E-state index in [1.54, 1.807) is 0 Å². The number of rotatable bonds is 4. The lowest BCUT2D eigenvalue weighted by Gasteiger charge is -2.26. The summed E-state index contributed by atoms with van der Waals surface area (Å²) >= 11 is 6.04. The van der Waals surface area contributed by atoms with Crippen molar-refractivity contribution in [1.29, 1.82) is 0 Å². The molecule has 1 aliphatic heterocycles. The van der Waals surface area contributed by atoms with Crippen molar-refractivity contribution in [1.82, 2.24) is 14.7 Å². The van der Waals surface area contributed by atoms with E-state index < -0.39 is 0 Å². The highest BCUT2D eigenvalue weighted by Crippen LogP contribution is 2.26. The highest BCUT2D eigenvalue weighted by Gasteiger charge is 2.20. The Morgan fingerprint density at radius 1 is 0.963 bits per heavy atom. The van der Waals surface area contributed by atoms with Gasteiger partial charge in [-0.15, -0.1) is 0 Å². The van der Waals surface area contributed by atoms with E-state index in [0.717, 1.165) is 48.4 Å². The zero-order chi connectivity index (χ0) is 18.6. The molecular formula is C22H22ClN3O. The van der Waals surface area contributed by atoms with Crippen LogP contribution in [0, 0.1) is 0 Å². The van der Waals surface area contributed by atoms with Gasteiger partial charge in [0.15, 0.2) is 0 Å². The van der Waals surface area contributed by atoms with Crippen LogP contribution < -0.4 is 0 Å². The van der Waals surface area contributed by atoms with E-state index in [9.17, 15) is 4.79 Å². The van der Waals surface area contributed by atoms with Crippen LogP contribution in [-0.2, 0) is 11.2 Å². The van der Waals surface area contributed by atoms with Crippen LogP contribution in [0.1, 0.15) is 24.8 Å². The Balaban J connectivity index is 1.68. The number of amides is 1. The van der Waals surface area contributed by atoms with Gasteiger partial charge in [0.25, 0.3) is 0 Å². The molecule has 0 spiro atoms. The predicted molar refractivity (Wildman–Crippen MR) is 108 cm³/mol. The van der Waals surface area contributed by atoms with E-state index >= 15 is 0 Å². The molecule has 0 aliphatic carbocycles. The fraction of sp³-hybridized carbons (Fsp3) is 0.273. The number of halogens is 1. The van der Waals surface area contributed by atoms with Crippen LogP contribution in [0.5, 0.6) is 0 Å². The molecule has 3 aromatic rings. The first-order chi connectivity index (χ1) is 13.2. The maximum atomic E-state index is 12.8. The number of aromatic nitrogens is 2. The van der Waals surface area contributed by atoms with Crippen molar-refractivity contribution < 1.29 is 4.79 Å². The van der Waals surface area contributed by atoms with Gasteiger partial charge in [0.2, 0.25) is 5.91 Å². The second-order valence-corrected chi connectivity index (χ2v) is 7.34. The van der Waals surface area contributed by atoms with Crippen LogP contribution in [0.25, 0.3) is 16.9 Å².